The number of rotatable bonds is 6. The van der Waals surface area contributed by atoms with Crippen LogP contribution in [0.1, 0.15) is 39.3 Å². The highest BCUT2D eigenvalue weighted by Crippen LogP contribution is 2.46. The van der Waals surface area contributed by atoms with Crippen molar-refractivity contribution in [1.82, 2.24) is 0 Å². The Hall–Kier alpha value is -4.31. The third kappa shape index (κ3) is 4.75. The van der Waals surface area contributed by atoms with Crippen molar-refractivity contribution in [3.63, 3.8) is 0 Å². The van der Waals surface area contributed by atoms with Crippen LogP contribution in [0.25, 0.3) is 5.76 Å². The molecule has 0 N–H and O–H groups in total. The molecule has 1 heterocycles. The number of methoxy groups -OCH3 is 2. The van der Waals surface area contributed by atoms with Gasteiger partial charge in [0.2, 0.25) is 0 Å². The number of para-hydroxylation sites is 1. The molecule has 0 aromatic heterocycles. The number of nitrogens with zero attached hydrogens (tertiary/aromatic N) is 1. The lowest BCUT2D eigenvalue weighted by molar-refractivity contribution is 0.354. The van der Waals surface area contributed by atoms with Crippen molar-refractivity contribution in [2.75, 3.05) is 14.2 Å². The highest BCUT2D eigenvalue weighted by atomic mass is 16.5. The normalized spacial score (nSPS) is 14.9. The molecule has 0 bridgehead atoms. The van der Waals surface area contributed by atoms with Crippen LogP contribution in [-0.4, -0.2) is 20.4 Å². The zero-order valence-electron chi connectivity index (χ0n) is 21.9. The van der Waals surface area contributed by atoms with Crippen LogP contribution in [-0.2, 0) is 0 Å². The quantitative estimate of drug-likeness (QED) is 0.258. The summed E-state index contributed by atoms with van der Waals surface area (Å²) in [5.41, 5.74) is 8.80. The molecule has 0 saturated heterocycles. The van der Waals surface area contributed by atoms with E-state index in [0.29, 0.717) is 11.5 Å². The fraction of sp³-hybridized carbons (Fsp3) is 0.182. The van der Waals surface area contributed by atoms with Crippen molar-refractivity contribution in [2.45, 2.75) is 26.7 Å². The summed E-state index contributed by atoms with van der Waals surface area (Å²) in [7, 11) is 3.28. The lowest BCUT2D eigenvalue weighted by atomic mass is 9.80. The van der Waals surface area contributed by atoms with Crippen molar-refractivity contribution in [3.05, 3.63) is 124 Å². The van der Waals surface area contributed by atoms with E-state index >= 15 is 0 Å². The third-order valence-electron chi connectivity index (χ3n) is 7.00. The molecule has 0 unspecified atom stereocenters. The molecule has 4 heteroatoms. The molecular weight excluding hydrogens is 458 g/mol. The molecule has 0 aliphatic carbocycles. The molecule has 0 radical (unpaired) electrons. The number of ether oxygens (including phenoxy) is 3. The molecule has 4 nitrogen and oxygen atoms in total. The van der Waals surface area contributed by atoms with Crippen LogP contribution in [0.3, 0.4) is 0 Å². The summed E-state index contributed by atoms with van der Waals surface area (Å²) in [6.07, 6.45) is 1.96. The summed E-state index contributed by atoms with van der Waals surface area (Å²) in [5.74, 6) is 2.85. The van der Waals surface area contributed by atoms with Crippen molar-refractivity contribution in [1.29, 1.82) is 0 Å². The van der Waals surface area contributed by atoms with Gasteiger partial charge in [0.25, 0.3) is 0 Å². The van der Waals surface area contributed by atoms with Gasteiger partial charge in [0.05, 0.1) is 19.9 Å². The Morgan fingerprint density at radius 1 is 0.703 bits per heavy atom. The van der Waals surface area contributed by atoms with Gasteiger partial charge in [-0.2, -0.15) is 0 Å². The fourth-order valence-electron chi connectivity index (χ4n) is 4.81. The van der Waals surface area contributed by atoms with E-state index in [0.717, 1.165) is 33.9 Å². The first-order chi connectivity index (χ1) is 18.0. The van der Waals surface area contributed by atoms with Crippen LogP contribution >= 0.6 is 0 Å². The second-order valence-electron chi connectivity index (χ2n) is 9.31. The minimum Gasteiger partial charge on any atom is -0.493 e. The molecule has 1 atom stereocenters. The topological polar surface area (TPSA) is 40.0 Å². The van der Waals surface area contributed by atoms with E-state index in [1.807, 2.05) is 36.5 Å². The highest BCUT2D eigenvalue weighted by molar-refractivity contribution is 5.95. The van der Waals surface area contributed by atoms with Crippen molar-refractivity contribution < 1.29 is 14.2 Å². The van der Waals surface area contributed by atoms with Crippen LogP contribution in [0.4, 0.5) is 5.69 Å². The van der Waals surface area contributed by atoms with Crippen LogP contribution in [0.5, 0.6) is 17.2 Å². The molecule has 1 aliphatic rings. The van der Waals surface area contributed by atoms with E-state index < -0.39 is 0 Å². The standard InChI is InChI=1S/C33H31NO3/c1-21-14-16-25(18-23(21)3)34-20-28-32(26-11-7-6-10-22(26)2)27-12-8-9-13-29(27)37-33(28)24-15-17-30(35-4)31(19-24)36-5/h6-20,32H,1-5H3/t32-/m0/s1. The molecule has 0 spiro atoms. The summed E-state index contributed by atoms with van der Waals surface area (Å²) in [5, 5.41) is 0. The Kier molecular flexibility index (Phi) is 6.82. The third-order valence-corrected chi connectivity index (χ3v) is 7.00. The van der Waals surface area contributed by atoms with Crippen LogP contribution in [0.2, 0.25) is 0 Å². The summed E-state index contributed by atoms with van der Waals surface area (Å²) >= 11 is 0. The maximum atomic E-state index is 6.62. The molecule has 0 fully saturated rings. The van der Waals surface area contributed by atoms with Crippen molar-refractivity contribution >= 4 is 17.7 Å². The van der Waals surface area contributed by atoms with Gasteiger partial charge in [-0.05, 0) is 79.4 Å². The predicted octanol–water partition coefficient (Wildman–Crippen LogP) is 7.97. The number of hydrogen-bond donors (Lipinski definition) is 0. The first kappa shape index (κ1) is 24.4. The average molecular weight is 490 g/mol. The smallest absolute Gasteiger partial charge is 0.161 e. The lowest BCUT2D eigenvalue weighted by Crippen LogP contribution is -2.18. The number of benzene rings is 4. The molecule has 0 amide bonds. The predicted molar refractivity (Wildman–Crippen MR) is 151 cm³/mol. The van der Waals surface area contributed by atoms with Gasteiger partial charge in [-0.15, -0.1) is 0 Å². The maximum absolute atomic E-state index is 6.62. The SMILES string of the molecule is COc1ccc(C2=C(C=Nc3ccc(C)c(C)c3)[C@@H](c3ccccc3C)c3ccccc3O2)cc1OC. The molecule has 37 heavy (non-hydrogen) atoms. The number of hydrogen-bond acceptors (Lipinski definition) is 4. The fourth-order valence-corrected chi connectivity index (χ4v) is 4.81. The Bertz CT molecular complexity index is 1520. The Balaban J connectivity index is 1.76. The van der Waals surface area contributed by atoms with Gasteiger partial charge >= 0.3 is 0 Å². The summed E-state index contributed by atoms with van der Waals surface area (Å²) < 4.78 is 17.7. The lowest BCUT2D eigenvalue weighted by Gasteiger charge is -2.31. The summed E-state index contributed by atoms with van der Waals surface area (Å²) in [6.45, 7) is 6.38. The zero-order valence-corrected chi connectivity index (χ0v) is 21.9. The monoisotopic (exact) mass is 489 g/mol. The van der Waals surface area contributed by atoms with Gasteiger partial charge in [0.1, 0.15) is 11.5 Å². The molecule has 5 rings (SSSR count). The number of allylic oxidation sites excluding steroid dienone is 1. The minimum atomic E-state index is -0.0514. The molecule has 186 valence electrons. The van der Waals surface area contributed by atoms with Crippen molar-refractivity contribution in [2.24, 2.45) is 4.99 Å². The first-order valence-electron chi connectivity index (χ1n) is 12.4. The number of fused-ring (bicyclic) bond motifs is 1. The van der Waals surface area contributed by atoms with E-state index in [-0.39, 0.29) is 5.92 Å². The van der Waals surface area contributed by atoms with E-state index in [9.17, 15) is 0 Å². The van der Waals surface area contributed by atoms with Gasteiger partial charge in [-0.1, -0.05) is 48.5 Å². The zero-order chi connectivity index (χ0) is 25.9. The van der Waals surface area contributed by atoms with Gasteiger partial charge < -0.3 is 14.2 Å². The number of aryl methyl sites for hydroxylation is 3. The van der Waals surface area contributed by atoms with Gasteiger partial charge in [0, 0.05) is 28.8 Å². The van der Waals surface area contributed by atoms with Crippen LogP contribution < -0.4 is 14.2 Å². The largest absolute Gasteiger partial charge is 0.493 e. The molecule has 4 aromatic rings. The van der Waals surface area contributed by atoms with Crippen molar-refractivity contribution in [3.8, 4) is 17.2 Å². The molecule has 1 aliphatic heterocycles. The average Bonchev–Trinajstić information content (AvgIpc) is 2.93. The maximum Gasteiger partial charge on any atom is 0.161 e. The van der Waals surface area contributed by atoms with Gasteiger partial charge in [-0.3, -0.25) is 4.99 Å². The van der Waals surface area contributed by atoms with Gasteiger partial charge in [-0.25, -0.2) is 0 Å². The van der Waals surface area contributed by atoms with Crippen LogP contribution in [0, 0.1) is 20.8 Å². The second kappa shape index (κ2) is 10.4. The summed E-state index contributed by atoms with van der Waals surface area (Å²) in [6, 6.07) is 28.9. The Labute approximate surface area is 218 Å². The Morgan fingerprint density at radius 3 is 2.16 bits per heavy atom. The Morgan fingerprint density at radius 2 is 1.43 bits per heavy atom. The van der Waals surface area contributed by atoms with E-state index in [4.69, 9.17) is 19.2 Å². The minimum absolute atomic E-state index is 0.0514. The van der Waals surface area contributed by atoms with E-state index in [1.165, 1.54) is 22.3 Å². The van der Waals surface area contributed by atoms with Gasteiger partial charge in [0.15, 0.2) is 11.5 Å². The van der Waals surface area contributed by atoms with E-state index in [2.05, 4.69) is 75.4 Å². The van der Waals surface area contributed by atoms with E-state index in [1.54, 1.807) is 14.2 Å². The molecule has 4 aromatic carbocycles. The first-order valence-corrected chi connectivity index (χ1v) is 12.4. The number of aliphatic imine (C=N–C) groups is 1. The molecule has 0 saturated carbocycles. The second-order valence-corrected chi connectivity index (χ2v) is 9.31. The highest BCUT2D eigenvalue weighted by Gasteiger charge is 2.32. The summed E-state index contributed by atoms with van der Waals surface area (Å²) in [4.78, 5) is 4.94. The molecular formula is C33H31NO3. The van der Waals surface area contributed by atoms with Crippen LogP contribution in [0.15, 0.2) is 95.5 Å².